The number of amides is 1. The van der Waals surface area contributed by atoms with Crippen LogP contribution in [0.1, 0.15) is 24.0 Å². The van der Waals surface area contributed by atoms with E-state index in [1.807, 2.05) is 0 Å². The van der Waals surface area contributed by atoms with Crippen LogP contribution in [-0.4, -0.2) is 24.2 Å². The third kappa shape index (κ3) is 4.61. The van der Waals surface area contributed by atoms with E-state index in [0.29, 0.717) is 19.1 Å². The molecule has 1 aromatic rings. The van der Waals surface area contributed by atoms with Crippen molar-refractivity contribution in [2.75, 3.05) is 13.2 Å². The van der Waals surface area contributed by atoms with E-state index in [1.54, 1.807) is 12.1 Å². The third-order valence-corrected chi connectivity index (χ3v) is 3.05. The highest BCUT2D eigenvalue weighted by Gasteiger charge is 2.21. The van der Waals surface area contributed by atoms with Crippen LogP contribution in [0.25, 0.3) is 0 Å². The first-order valence-corrected chi connectivity index (χ1v) is 6.41. The van der Waals surface area contributed by atoms with E-state index in [2.05, 4.69) is 5.32 Å². The molecule has 0 atom stereocenters. The third-order valence-electron chi connectivity index (χ3n) is 3.05. The SMILES string of the molecule is O=C(COCC1CC1)NCc1ccc(F)c(CO)c1. The lowest BCUT2D eigenvalue weighted by Gasteiger charge is -2.07. The highest BCUT2D eigenvalue weighted by molar-refractivity contribution is 5.77. The smallest absolute Gasteiger partial charge is 0.246 e. The van der Waals surface area contributed by atoms with Crippen molar-refractivity contribution in [2.24, 2.45) is 5.92 Å². The molecule has 19 heavy (non-hydrogen) atoms. The van der Waals surface area contributed by atoms with Crippen LogP contribution >= 0.6 is 0 Å². The van der Waals surface area contributed by atoms with E-state index < -0.39 is 5.82 Å². The number of ether oxygens (including phenoxy) is 1. The van der Waals surface area contributed by atoms with Crippen LogP contribution in [0.4, 0.5) is 4.39 Å². The molecule has 1 fully saturated rings. The van der Waals surface area contributed by atoms with Gasteiger partial charge in [-0.3, -0.25) is 4.79 Å². The summed E-state index contributed by atoms with van der Waals surface area (Å²) < 4.78 is 18.4. The van der Waals surface area contributed by atoms with Gasteiger partial charge in [0.15, 0.2) is 0 Å². The van der Waals surface area contributed by atoms with Crippen molar-refractivity contribution in [2.45, 2.75) is 26.0 Å². The van der Waals surface area contributed by atoms with E-state index in [0.717, 1.165) is 5.56 Å². The minimum absolute atomic E-state index is 0.0601. The lowest BCUT2D eigenvalue weighted by atomic mass is 10.1. The number of hydrogen-bond acceptors (Lipinski definition) is 3. The van der Waals surface area contributed by atoms with Gasteiger partial charge in [0.25, 0.3) is 0 Å². The zero-order valence-corrected chi connectivity index (χ0v) is 10.7. The number of rotatable bonds is 7. The molecular formula is C14H18FNO3. The first-order chi connectivity index (χ1) is 9.19. The minimum atomic E-state index is -0.439. The lowest BCUT2D eigenvalue weighted by molar-refractivity contribution is -0.126. The number of halogens is 1. The monoisotopic (exact) mass is 267 g/mol. The highest BCUT2D eigenvalue weighted by atomic mass is 19.1. The van der Waals surface area contributed by atoms with Crippen molar-refractivity contribution in [1.82, 2.24) is 5.32 Å². The molecule has 1 saturated carbocycles. The van der Waals surface area contributed by atoms with Gasteiger partial charge in [-0.05, 0) is 36.5 Å². The minimum Gasteiger partial charge on any atom is -0.392 e. The summed E-state index contributed by atoms with van der Waals surface area (Å²) in [6, 6.07) is 4.41. The number of carbonyl (C=O) groups excluding carboxylic acids is 1. The van der Waals surface area contributed by atoms with Crippen molar-refractivity contribution >= 4 is 5.91 Å². The fourth-order valence-electron chi connectivity index (χ4n) is 1.71. The second-order valence-corrected chi connectivity index (χ2v) is 4.82. The highest BCUT2D eigenvalue weighted by Crippen LogP contribution is 2.28. The molecular weight excluding hydrogens is 249 g/mol. The fourth-order valence-corrected chi connectivity index (χ4v) is 1.71. The molecule has 1 aliphatic carbocycles. The normalized spacial score (nSPS) is 14.4. The molecule has 2 rings (SSSR count). The molecule has 0 heterocycles. The van der Waals surface area contributed by atoms with Crippen LogP contribution in [0.5, 0.6) is 0 Å². The molecule has 0 spiro atoms. The molecule has 5 heteroatoms. The van der Waals surface area contributed by atoms with Crippen molar-refractivity contribution in [3.8, 4) is 0 Å². The van der Waals surface area contributed by atoms with Gasteiger partial charge in [0.1, 0.15) is 12.4 Å². The number of nitrogens with one attached hydrogen (secondary N) is 1. The molecule has 4 nitrogen and oxygen atoms in total. The maximum Gasteiger partial charge on any atom is 0.246 e. The average molecular weight is 267 g/mol. The summed E-state index contributed by atoms with van der Waals surface area (Å²) in [6.45, 7) is 0.667. The Morgan fingerprint density at radius 1 is 1.47 bits per heavy atom. The van der Waals surface area contributed by atoms with Crippen LogP contribution in [0.3, 0.4) is 0 Å². The maximum absolute atomic E-state index is 13.1. The fraction of sp³-hybridized carbons (Fsp3) is 0.500. The zero-order valence-electron chi connectivity index (χ0n) is 10.7. The Morgan fingerprint density at radius 3 is 2.95 bits per heavy atom. The van der Waals surface area contributed by atoms with Gasteiger partial charge in [-0.15, -0.1) is 0 Å². The Balaban J connectivity index is 1.72. The topological polar surface area (TPSA) is 58.6 Å². The molecule has 0 aliphatic heterocycles. The average Bonchev–Trinajstić information content (AvgIpc) is 3.22. The molecule has 0 saturated heterocycles. The van der Waals surface area contributed by atoms with Crippen LogP contribution < -0.4 is 5.32 Å². The molecule has 104 valence electrons. The largest absolute Gasteiger partial charge is 0.392 e. The van der Waals surface area contributed by atoms with Crippen molar-refractivity contribution in [1.29, 1.82) is 0 Å². The van der Waals surface area contributed by atoms with Gasteiger partial charge in [0.05, 0.1) is 13.2 Å². The van der Waals surface area contributed by atoms with Crippen molar-refractivity contribution in [3.05, 3.63) is 35.1 Å². The standard InChI is InChI=1S/C14H18FNO3/c15-13-4-3-11(5-12(13)7-17)6-16-14(18)9-19-8-10-1-2-10/h3-5,10,17H,1-2,6-9H2,(H,16,18). The van der Waals surface area contributed by atoms with Crippen LogP contribution in [0.15, 0.2) is 18.2 Å². The van der Waals surface area contributed by atoms with Gasteiger partial charge in [0, 0.05) is 12.1 Å². The predicted octanol–water partition coefficient (Wildman–Crippen LogP) is 1.36. The molecule has 0 aromatic heterocycles. The second-order valence-electron chi connectivity index (χ2n) is 4.82. The first kappa shape index (κ1) is 14.0. The quantitative estimate of drug-likeness (QED) is 0.784. The number of carbonyl (C=O) groups is 1. The summed E-state index contributed by atoms with van der Waals surface area (Å²) in [7, 11) is 0. The zero-order chi connectivity index (χ0) is 13.7. The van der Waals surface area contributed by atoms with Gasteiger partial charge in [-0.25, -0.2) is 4.39 Å². The van der Waals surface area contributed by atoms with Gasteiger partial charge in [-0.1, -0.05) is 6.07 Å². The summed E-state index contributed by atoms with van der Waals surface area (Å²) in [4.78, 5) is 11.5. The van der Waals surface area contributed by atoms with Crippen LogP contribution in [0, 0.1) is 11.7 Å². The number of aliphatic hydroxyl groups excluding tert-OH is 1. The molecule has 2 N–H and O–H groups in total. The molecule has 1 amide bonds. The number of aliphatic hydroxyl groups is 1. The van der Waals surface area contributed by atoms with E-state index in [-0.39, 0.29) is 24.7 Å². The van der Waals surface area contributed by atoms with E-state index in [1.165, 1.54) is 18.9 Å². The summed E-state index contributed by atoms with van der Waals surface area (Å²) in [5, 5.41) is 11.6. The molecule has 1 aromatic carbocycles. The van der Waals surface area contributed by atoms with Gasteiger partial charge < -0.3 is 15.2 Å². The van der Waals surface area contributed by atoms with E-state index >= 15 is 0 Å². The molecule has 0 radical (unpaired) electrons. The Hall–Kier alpha value is -1.46. The van der Waals surface area contributed by atoms with Crippen LogP contribution in [-0.2, 0) is 22.7 Å². The van der Waals surface area contributed by atoms with Crippen molar-refractivity contribution in [3.63, 3.8) is 0 Å². The number of hydrogen-bond donors (Lipinski definition) is 2. The van der Waals surface area contributed by atoms with Gasteiger partial charge >= 0.3 is 0 Å². The first-order valence-electron chi connectivity index (χ1n) is 6.41. The predicted molar refractivity (Wildman–Crippen MR) is 67.7 cm³/mol. The molecule has 0 unspecified atom stereocenters. The Kier molecular flexibility index (Phi) is 4.87. The Labute approximate surface area is 111 Å². The molecule has 1 aliphatic rings. The van der Waals surface area contributed by atoms with Gasteiger partial charge in [-0.2, -0.15) is 0 Å². The Bertz CT molecular complexity index is 446. The summed E-state index contributed by atoms with van der Waals surface area (Å²) >= 11 is 0. The second kappa shape index (κ2) is 6.63. The van der Waals surface area contributed by atoms with Crippen molar-refractivity contribution < 1.29 is 19.0 Å². The summed E-state index contributed by atoms with van der Waals surface area (Å²) in [5.74, 6) is 0.0119. The lowest BCUT2D eigenvalue weighted by Crippen LogP contribution is -2.27. The maximum atomic E-state index is 13.1. The van der Waals surface area contributed by atoms with E-state index in [9.17, 15) is 9.18 Å². The number of benzene rings is 1. The van der Waals surface area contributed by atoms with Crippen LogP contribution in [0.2, 0.25) is 0 Å². The molecule has 0 bridgehead atoms. The summed E-state index contributed by atoms with van der Waals surface area (Å²) in [5.41, 5.74) is 0.984. The Morgan fingerprint density at radius 2 is 2.26 bits per heavy atom. The van der Waals surface area contributed by atoms with Gasteiger partial charge in [0.2, 0.25) is 5.91 Å². The summed E-state index contributed by atoms with van der Waals surface area (Å²) in [6.07, 6.45) is 2.39. The van der Waals surface area contributed by atoms with E-state index in [4.69, 9.17) is 9.84 Å².